The largest absolute Gasteiger partial charge is 0.302 e. The topological polar surface area (TPSA) is 30.0 Å². The monoisotopic (exact) mass is 225 g/mol. The van der Waals surface area contributed by atoms with Gasteiger partial charge in [0.25, 0.3) is 0 Å². The van der Waals surface area contributed by atoms with E-state index in [1.807, 2.05) is 18.2 Å². The molecule has 1 atom stereocenters. The molecule has 0 saturated carbocycles. The fraction of sp³-hybridized carbons (Fsp3) is 0.200. The number of aryl methyl sites for hydroxylation is 2. The molecule has 0 fully saturated rings. The molecule has 0 aliphatic heterocycles. The quantitative estimate of drug-likeness (QED) is 0.751. The molecular formula is C15H15NO. The Kier molecular flexibility index (Phi) is 3.33. The van der Waals surface area contributed by atoms with Crippen LogP contribution in [0.3, 0.4) is 0 Å². The Morgan fingerprint density at radius 1 is 1.00 bits per heavy atom. The highest BCUT2D eigenvalue weighted by Gasteiger charge is 2.13. The van der Waals surface area contributed by atoms with Crippen LogP contribution in [0.4, 0.5) is 0 Å². The number of carbonyl (C=O) groups excluding carboxylic acids is 1. The summed E-state index contributed by atoms with van der Waals surface area (Å²) in [6, 6.07) is 9.92. The van der Waals surface area contributed by atoms with Crippen LogP contribution in [-0.2, 0) is 4.79 Å². The lowest BCUT2D eigenvalue weighted by atomic mass is 9.91. The van der Waals surface area contributed by atoms with Gasteiger partial charge in [-0.1, -0.05) is 18.2 Å². The molecule has 0 N–H and O–H groups in total. The van der Waals surface area contributed by atoms with Crippen molar-refractivity contribution in [3.05, 3.63) is 65.0 Å². The summed E-state index contributed by atoms with van der Waals surface area (Å²) in [5.41, 5.74) is 4.48. The molecule has 0 bridgehead atoms. The third-order valence-electron chi connectivity index (χ3n) is 3.09. The van der Waals surface area contributed by atoms with Crippen molar-refractivity contribution in [2.45, 2.75) is 19.8 Å². The molecule has 1 heterocycles. The zero-order valence-corrected chi connectivity index (χ0v) is 10.1. The molecule has 0 aliphatic carbocycles. The fourth-order valence-corrected chi connectivity index (χ4v) is 1.88. The summed E-state index contributed by atoms with van der Waals surface area (Å²) >= 11 is 0. The van der Waals surface area contributed by atoms with Crippen molar-refractivity contribution in [3.8, 4) is 0 Å². The molecule has 2 nitrogen and oxygen atoms in total. The maximum atomic E-state index is 11.3. The number of benzene rings is 1. The van der Waals surface area contributed by atoms with Gasteiger partial charge in [0.2, 0.25) is 0 Å². The van der Waals surface area contributed by atoms with Crippen LogP contribution in [0.5, 0.6) is 0 Å². The highest BCUT2D eigenvalue weighted by Crippen LogP contribution is 2.23. The molecule has 1 unspecified atom stereocenters. The van der Waals surface area contributed by atoms with Gasteiger partial charge in [-0.05, 0) is 48.2 Å². The summed E-state index contributed by atoms with van der Waals surface area (Å²) in [6.07, 6.45) is 4.42. The molecule has 86 valence electrons. The Hall–Kier alpha value is -1.96. The fourth-order valence-electron chi connectivity index (χ4n) is 1.88. The first-order chi connectivity index (χ1) is 8.22. The number of carbonyl (C=O) groups is 1. The van der Waals surface area contributed by atoms with Gasteiger partial charge < -0.3 is 4.79 Å². The number of nitrogens with zero attached hydrogens (tertiary/aromatic N) is 1. The van der Waals surface area contributed by atoms with Crippen molar-refractivity contribution in [1.82, 2.24) is 4.98 Å². The number of aromatic nitrogens is 1. The van der Waals surface area contributed by atoms with E-state index in [9.17, 15) is 4.79 Å². The molecule has 0 aliphatic rings. The van der Waals surface area contributed by atoms with Crippen molar-refractivity contribution in [2.24, 2.45) is 0 Å². The number of pyridine rings is 1. The summed E-state index contributed by atoms with van der Waals surface area (Å²) in [7, 11) is 0. The van der Waals surface area contributed by atoms with Crippen LogP contribution >= 0.6 is 0 Å². The van der Waals surface area contributed by atoms with Crippen LogP contribution in [0.2, 0.25) is 0 Å². The van der Waals surface area contributed by atoms with Crippen molar-refractivity contribution in [3.63, 3.8) is 0 Å². The van der Waals surface area contributed by atoms with Crippen molar-refractivity contribution < 1.29 is 4.79 Å². The molecule has 17 heavy (non-hydrogen) atoms. The molecule has 1 aromatic carbocycles. The summed E-state index contributed by atoms with van der Waals surface area (Å²) in [5, 5.41) is 0. The van der Waals surface area contributed by atoms with E-state index >= 15 is 0 Å². The van der Waals surface area contributed by atoms with E-state index in [1.54, 1.807) is 12.4 Å². The molecule has 0 radical (unpaired) electrons. The molecule has 2 rings (SSSR count). The van der Waals surface area contributed by atoms with E-state index in [0.29, 0.717) is 0 Å². The van der Waals surface area contributed by atoms with Gasteiger partial charge in [0, 0.05) is 12.4 Å². The summed E-state index contributed by atoms with van der Waals surface area (Å²) in [6.45, 7) is 4.13. The Labute approximate surface area is 101 Å². The summed E-state index contributed by atoms with van der Waals surface area (Å²) in [4.78, 5) is 15.3. The first kappa shape index (κ1) is 11.5. The minimum absolute atomic E-state index is 0.197. The molecular weight excluding hydrogens is 210 g/mol. The van der Waals surface area contributed by atoms with Crippen molar-refractivity contribution in [1.29, 1.82) is 0 Å². The third kappa shape index (κ3) is 2.41. The third-order valence-corrected chi connectivity index (χ3v) is 3.09. The lowest BCUT2D eigenvalue weighted by molar-refractivity contribution is -0.108. The van der Waals surface area contributed by atoms with Crippen LogP contribution < -0.4 is 0 Å². The van der Waals surface area contributed by atoms with E-state index < -0.39 is 0 Å². The first-order valence-electron chi connectivity index (χ1n) is 5.64. The highest BCUT2D eigenvalue weighted by atomic mass is 16.1. The standard InChI is InChI=1S/C15H15NO/c1-11-3-4-14(9-12(11)2)15(10-17)13-5-7-16-8-6-13/h3-10,15H,1-2H3. The van der Waals surface area contributed by atoms with Gasteiger partial charge >= 0.3 is 0 Å². The maximum absolute atomic E-state index is 11.3. The molecule has 0 amide bonds. The van der Waals surface area contributed by atoms with E-state index in [1.165, 1.54) is 11.1 Å². The van der Waals surface area contributed by atoms with Gasteiger partial charge in [-0.3, -0.25) is 4.98 Å². The lowest BCUT2D eigenvalue weighted by Gasteiger charge is -2.12. The van der Waals surface area contributed by atoms with Crippen LogP contribution in [0.15, 0.2) is 42.7 Å². The minimum atomic E-state index is -0.197. The van der Waals surface area contributed by atoms with Crippen molar-refractivity contribution >= 4 is 6.29 Å². The van der Waals surface area contributed by atoms with E-state index in [2.05, 4.69) is 31.0 Å². The predicted molar refractivity (Wildman–Crippen MR) is 68.1 cm³/mol. The number of aldehydes is 1. The van der Waals surface area contributed by atoms with Crippen LogP contribution in [0.25, 0.3) is 0 Å². The highest BCUT2D eigenvalue weighted by molar-refractivity contribution is 5.68. The van der Waals surface area contributed by atoms with Gasteiger partial charge in [0.1, 0.15) is 6.29 Å². The second-order valence-electron chi connectivity index (χ2n) is 4.24. The van der Waals surface area contributed by atoms with Gasteiger partial charge in [0.05, 0.1) is 5.92 Å². The Morgan fingerprint density at radius 3 is 2.29 bits per heavy atom. The van der Waals surface area contributed by atoms with Crippen LogP contribution in [-0.4, -0.2) is 11.3 Å². The second kappa shape index (κ2) is 4.91. The first-order valence-corrected chi connectivity index (χ1v) is 5.64. The van der Waals surface area contributed by atoms with Crippen LogP contribution in [0.1, 0.15) is 28.2 Å². The van der Waals surface area contributed by atoms with E-state index in [0.717, 1.165) is 17.4 Å². The van der Waals surface area contributed by atoms with Crippen molar-refractivity contribution in [2.75, 3.05) is 0 Å². The van der Waals surface area contributed by atoms with E-state index in [4.69, 9.17) is 0 Å². The Morgan fingerprint density at radius 2 is 1.71 bits per heavy atom. The smallest absolute Gasteiger partial charge is 0.131 e. The molecule has 2 heteroatoms. The lowest BCUT2D eigenvalue weighted by Crippen LogP contribution is -2.03. The number of hydrogen-bond acceptors (Lipinski definition) is 2. The molecule has 2 aromatic rings. The molecule has 0 saturated heterocycles. The number of hydrogen-bond donors (Lipinski definition) is 0. The average Bonchev–Trinajstić information content (AvgIpc) is 2.36. The minimum Gasteiger partial charge on any atom is -0.302 e. The second-order valence-corrected chi connectivity index (χ2v) is 4.24. The van der Waals surface area contributed by atoms with Gasteiger partial charge in [-0.15, -0.1) is 0 Å². The van der Waals surface area contributed by atoms with Crippen LogP contribution in [0, 0.1) is 13.8 Å². The zero-order valence-electron chi connectivity index (χ0n) is 10.1. The average molecular weight is 225 g/mol. The Balaban J connectivity index is 2.42. The van der Waals surface area contributed by atoms with E-state index in [-0.39, 0.29) is 5.92 Å². The number of rotatable bonds is 3. The normalized spacial score (nSPS) is 12.1. The molecule has 0 spiro atoms. The summed E-state index contributed by atoms with van der Waals surface area (Å²) < 4.78 is 0. The predicted octanol–water partition coefficient (Wildman–Crippen LogP) is 3.03. The Bertz CT molecular complexity index is 520. The maximum Gasteiger partial charge on any atom is 0.131 e. The van der Waals surface area contributed by atoms with Gasteiger partial charge in [0.15, 0.2) is 0 Å². The van der Waals surface area contributed by atoms with Gasteiger partial charge in [-0.25, -0.2) is 0 Å². The molecule has 1 aromatic heterocycles. The summed E-state index contributed by atoms with van der Waals surface area (Å²) in [5.74, 6) is -0.197. The van der Waals surface area contributed by atoms with Gasteiger partial charge in [-0.2, -0.15) is 0 Å². The SMILES string of the molecule is Cc1ccc(C(C=O)c2ccncc2)cc1C. The zero-order chi connectivity index (χ0) is 12.3.